The lowest BCUT2D eigenvalue weighted by molar-refractivity contribution is 0.0950. The van der Waals surface area contributed by atoms with Crippen LogP contribution in [0.2, 0.25) is 0 Å². The molecule has 28 heavy (non-hydrogen) atoms. The standard InChI is InChI=1S/C22H24N4O2/c1-4-11-28-19-9-6-17(7-10-19)14-23-26-22(27)21-13-20(24-25-21)18-8-5-15(2)16(3)12-18/h5-10,12-14H,4,11H2,1-3H3,(H,24,25)(H,26,27). The highest BCUT2D eigenvalue weighted by atomic mass is 16.5. The van der Waals surface area contributed by atoms with E-state index < -0.39 is 0 Å². The smallest absolute Gasteiger partial charge is 0.289 e. The molecule has 6 heteroatoms. The van der Waals surface area contributed by atoms with Crippen molar-refractivity contribution in [3.05, 3.63) is 70.9 Å². The Balaban J connectivity index is 1.60. The minimum Gasteiger partial charge on any atom is -0.494 e. The third kappa shape index (κ3) is 4.85. The van der Waals surface area contributed by atoms with Crippen LogP contribution in [0.5, 0.6) is 5.75 Å². The fourth-order valence-electron chi connectivity index (χ4n) is 2.58. The molecule has 0 saturated carbocycles. The predicted octanol–water partition coefficient (Wildman–Crippen LogP) is 4.25. The SMILES string of the molecule is CCCOc1ccc(C=NNC(=O)c2cc(-c3ccc(C)c(C)c3)n[nH]2)cc1. The van der Waals surface area contributed by atoms with Crippen molar-refractivity contribution >= 4 is 12.1 Å². The molecule has 2 aromatic carbocycles. The molecule has 1 aromatic heterocycles. The first-order valence-corrected chi connectivity index (χ1v) is 9.26. The third-order valence-corrected chi connectivity index (χ3v) is 4.36. The minimum absolute atomic E-state index is 0.346. The third-order valence-electron chi connectivity index (χ3n) is 4.36. The first kappa shape index (κ1) is 19.4. The highest BCUT2D eigenvalue weighted by molar-refractivity contribution is 5.94. The van der Waals surface area contributed by atoms with Gasteiger partial charge in [0.1, 0.15) is 11.4 Å². The second-order valence-corrected chi connectivity index (χ2v) is 6.58. The Hall–Kier alpha value is -3.41. The molecule has 144 valence electrons. The van der Waals surface area contributed by atoms with Crippen molar-refractivity contribution < 1.29 is 9.53 Å². The van der Waals surface area contributed by atoms with Gasteiger partial charge in [-0.2, -0.15) is 10.2 Å². The van der Waals surface area contributed by atoms with Gasteiger partial charge in [-0.1, -0.05) is 19.1 Å². The van der Waals surface area contributed by atoms with E-state index in [-0.39, 0.29) is 5.91 Å². The Morgan fingerprint density at radius 3 is 2.64 bits per heavy atom. The number of aromatic amines is 1. The van der Waals surface area contributed by atoms with Gasteiger partial charge in [0.05, 0.1) is 18.5 Å². The Morgan fingerprint density at radius 2 is 1.93 bits per heavy atom. The van der Waals surface area contributed by atoms with E-state index in [2.05, 4.69) is 47.6 Å². The molecule has 0 saturated heterocycles. The Bertz CT molecular complexity index is 974. The van der Waals surface area contributed by atoms with Crippen LogP contribution in [0.3, 0.4) is 0 Å². The van der Waals surface area contributed by atoms with Crippen LogP contribution in [0, 0.1) is 13.8 Å². The summed E-state index contributed by atoms with van der Waals surface area (Å²) in [6.07, 6.45) is 2.55. The number of ether oxygens (including phenoxy) is 1. The van der Waals surface area contributed by atoms with Gasteiger partial charge in [0.15, 0.2) is 0 Å². The molecule has 0 bridgehead atoms. The molecule has 0 atom stereocenters. The number of nitrogens with zero attached hydrogens (tertiary/aromatic N) is 2. The summed E-state index contributed by atoms with van der Waals surface area (Å²) >= 11 is 0. The lowest BCUT2D eigenvalue weighted by Gasteiger charge is -2.03. The number of hydrazone groups is 1. The van der Waals surface area contributed by atoms with Crippen molar-refractivity contribution in [3.63, 3.8) is 0 Å². The van der Waals surface area contributed by atoms with Crippen LogP contribution in [-0.4, -0.2) is 28.9 Å². The van der Waals surface area contributed by atoms with Crippen molar-refractivity contribution in [1.29, 1.82) is 0 Å². The molecule has 1 heterocycles. The maximum Gasteiger partial charge on any atom is 0.289 e. The number of carbonyl (C=O) groups excluding carboxylic acids is 1. The van der Waals surface area contributed by atoms with Crippen LogP contribution in [-0.2, 0) is 0 Å². The zero-order valence-corrected chi connectivity index (χ0v) is 16.3. The van der Waals surface area contributed by atoms with E-state index in [4.69, 9.17) is 4.74 Å². The molecule has 3 rings (SSSR count). The number of hydrogen-bond acceptors (Lipinski definition) is 4. The van der Waals surface area contributed by atoms with Gasteiger partial charge in [-0.15, -0.1) is 0 Å². The Labute approximate surface area is 164 Å². The second kappa shape index (κ2) is 8.99. The van der Waals surface area contributed by atoms with Gasteiger partial charge in [-0.25, -0.2) is 5.43 Å². The largest absolute Gasteiger partial charge is 0.494 e. The summed E-state index contributed by atoms with van der Waals surface area (Å²) in [6, 6.07) is 15.3. The summed E-state index contributed by atoms with van der Waals surface area (Å²) in [4.78, 5) is 12.3. The van der Waals surface area contributed by atoms with Gasteiger partial charge in [-0.3, -0.25) is 9.89 Å². The van der Waals surface area contributed by atoms with Crippen molar-refractivity contribution in [3.8, 4) is 17.0 Å². The normalized spacial score (nSPS) is 11.0. The molecule has 0 fully saturated rings. The summed E-state index contributed by atoms with van der Waals surface area (Å²) in [5.74, 6) is 0.473. The van der Waals surface area contributed by atoms with Gasteiger partial charge in [-0.05, 0) is 73.4 Å². The average molecular weight is 376 g/mol. The number of carbonyl (C=O) groups is 1. The van der Waals surface area contributed by atoms with Gasteiger partial charge in [0.2, 0.25) is 0 Å². The topological polar surface area (TPSA) is 79.4 Å². The van der Waals surface area contributed by atoms with E-state index in [9.17, 15) is 4.79 Å². The number of nitrogens with one attached hydrogen (secondary N) is 2. The van der Waals surface area contributed by atoms with E-state index in [0.717, 1.165) is 29.0 Å². The fraction of sp³-hybridized carbons (Fsp3) is 0.227. The maximum atomic E-state index is 12.3. The molecule has 0 spiro atoms. The van der Waals surface area contributed by atoms with Crippen molar-refractivity contribution in [1.82, 2.24) is 15.6 Å². The number of hydrogen-bond donors (Lipinski definition) is 2. The van der Waals surface area contributed by atoms with Crippen LogP contribution in [0.25, 0.3) is 11.3 Å². The van der Waals surface area contributed by atoms with Crippen molar-refractivity contribution in [2.45, 2.75) is 27.2 Å². The molecule has 0 unspecified atom stereocenters. The molecule has 3 aromatic rings. The second-order valence-electron chi connectivity index (χ2n) is 6.58. The molecular formula is C22H24N4O2. The number of aromatic nitrogens is 2. The van der Waals surface area contributed by atoms with E-state index in [0.29, 0.717) is 12.3 Å². The van der Waals surface area contributed by atoms with Gasteiger partial charge in [0, 0.05) is 5.56 Å². The zero-order chi connectivity index (χ0) is 19.9. The summed E-state index contributed by atoms with van der Waals surface area (Å²) in [5, 5.41) is 11.0. The molecule has 2 N–H and O–H groups in total. The van der Waals surface area contributed by atoms with Crippen molar-refractivity contribution in [2.24, 2.45) is 5.10 Å². The van der Waals surface area contributed by atoms with Crippen LogP contribution >= 0.6 is 0 Å². The van der Waals surface area contributed by atoms with E-state index >= 15 is 0 Å². The summed E-state index contributed by atoms with van der Waals surface area (Å²) in [5.41, 5.74) is 7.82. The lowest BCUT2D eigenvalue weighted by atomic mass is 10.0. The first-order valence-electron chi connectivity index (χ1n) is 9.26. The fourth-order valence-corrected chi connectivity index (χ4v) is 2.58. The number of benzene rings is 2. The quantitative estimate of drug-likeness (QED) is 0.478. The van der Waals surface area contributed by atoms with Gasteiger partial charge >= 0.3 is 0 Å². The summed E-state index contributed by atoms with van der Waals surface area (Å²) in [6.45, 7) is 6.87. The van der Waals surface area contributed by atoms with E-state index in [1.165, 1.54) is 11.1 Å². The average Bonchev–Trinajstić information content (AvgIpc) is 3.20. The maximum absolute atomic E-state index is 12.3. The highest BCUT2D eigenvalue weighted by Gasteiger charge is 2.10. The summed E-state index contributed by atoms with van der Waals surface area (Å²) < 4.78 is 5.54. The van der Waals surface area contributed by atoms with E-state index in [1.54, 1.807) is 12.3 Å². The monoisotopic (exact) mass is 376 g/mol. The van der Waals surface area contributed by atoms with Crippen LogP contribution in [0.15, 0.2) is 53.6 Å². The summed E-state index contributed by atoms with van der Waals surface area (Å²) in [7, 11) is 0. The lowest BCUT2D eigenvalue weighted by Crippen LogP contribution is -2.17. The molecule has 6 nitrogen and oxygen atoms in total. The zero-order valence-electron chi connectivity index (χ0n) is 16.3. The van der Waals surface area contributed by atoms with Crippen LogP contribution < -0.4 is 10.2 Å². The predicted molar refractivity (Wildman–Crippen MR) is 111 cm³/mol. The minimum atomic E-state index is -0.346. The molecule has 0 aliphatic rings. The number of rotatable bonds is 7. The van der Waals surface area contributed by atoms with Gasteiger partial charge < -0.3 is 4.74 Å². The molecular weight excluding hydrogens is 352 g/mol. The van der Waals surface area contributed by atoms with Crippen LogP contribution in [0.1, 0.15) is 40.5 Å². The first-order chi connectivity index (χ1) is 13.6. The van der Waals surface area contributed by atoms with Crippen LogP contribution in [0.4, 0.5) is 0 Å². The Morgan fingerprint density at radius 1 is 1.14 bits per heavy atom. The number of amides is 1. The number of aryl methyl sites for hydroxylation is 2. The molecule has 0 aliphatic carbocycles. The molecule has 0 aliphatic heterocycles. The van der Waals surface area contributed by atoms with Crippen molar-refractivity contribution in [2.75, 3.05) is 6.61 Å². The molecule has 0 radical (unpaired) electrons. The van der Waals surface area contributed by atoms with Gasteiger partial charge in [0.25, 0.3) is 5.91 Å². The molecule has 1 amide bonds. The Kier molecular flexibility index (Phi) is 6.22. The highest BCUT2D eigenvalue weighted by Crippen LogP contribution is 2.20. The number of H-pyrrole nitrogens is 1. The van der Waals surface area contributed by atoms with E-state index in [1.807, 2.05) is 36.4 Å².